The van der Waals surface area contributed by atoms with Gasteiger partial charge in [0.25, 0.3) is 5.56 Å². The summed E-state index contributed by atoms with van der Waals surface area (Å²) in [5, 5.41) is 3.06. The molecule has 3 rings (SSSR count). The van der Waals surface area contributed by atoms with Crippen molar-refractivity contribution in [1.29, 1.82) is 0 Å². The van der Waals surface area contributed by atoms with Crippen molar-refractivity contribution in [3.05, 3.63) is 50.6 Å². The molecule has 0 spiro atoms. The smallest absolute Gasteiger partial charge is 0.307 e. The first-order valence-corrected chi connectivity index (χ1v) is 5.79. The Hall–Kier alpha value is -2.21. The van der Waals surface area contributed by atoms with Gasteiger partial charge >= 0.3 is 5.69 Å². The van der Waals surface area contributed by atoms with E-state index < -0.39 is 11.2 Å². The van der Waals surface area contributed by atoms with E-state index in [-0.39, 0.29) is 0 Å². The molecule has 2 N–H and O–H groups in total. The Kier molecular flexibility index (Phi) is 2.15. The second-order valence-corrected chi connectivity index (χ2v) is 4.37. The maximum Gasteiger partial charge on any atom is 0.326 e. The van der Waals surface area contributed by atoms with Gasteiger partial charge in [-0.2, -0.15) is 0 Å². The maximum atomic E-state index is 11.8. The number of aromatic nitrogens is 3. The van der Waals surface area contributed by atoms with Crippen LogP contribution >= 0.6 is 11.3 Å². The number of nitrogens with one attached hydrogen (secondary N) is 2. The number of benzene rings is 1. The number of fused-ring (bicyclic) bond motifs is 1. The fourth-order valence-corrected chi connectivity index (χ4v) is 2.42. The molecule has 6 heteroatoms. The van der Waals surface area contributed by atoms with Gasteiger partial charge in [0.1, 0.15) is 5.01 Å². The van der Waals surface area contributed by atoms with E-state index in [1.54, 1.807) is 18.3 Å². The lowest BCUT2D eigenvalue weighted by Gasteiger charge is -2.01. The summed E-state index contributed by atoms with van der Waals surface area (Å²) in [6.45, 7) is 0. The summed E-state index contributed by atoms with van der Waals surface area (Å²) in [4.78, 5) is 32.0. The van der Waals surface area contributed by atoms with Gasteiger partial charge < -0.3 is 4.98 Å². The Morgan fingerprint density at radius 1 is 1.18 bits per heavy atom. The summed E-state index contributed by atoms with van der Waals surface area (Å²) in [7, 11) is 0. The van der Waals surface area contributed by atoms with Crippen LogP contribution in [0.1, 0.15) is 0 Å². The summed E-state index contributed by atoms with van der Waals surface area (Å²) >= 11 is 1.45. The monoisotopic (exact) mass is 245 g/mol. The zero-order chi connectivity index (χ0) is 11.8. The Morgan fingerprint density at radius 3 is 2.82 bits per heavy atom. The summed E-state index contributed by atoms with van der Waals surface area (Å²) in [5.74, 6) is 0. The Bertz CT molecular complexity index is 786. The molecule has 0 unspecified atom stereocenters. The Labute approximate surface area is 98.8 Å². The minimum absolute atomic E-state index is 0.394. The van der Waals surface area contributed by atoms with Crippen molar-refractivity contribution in [2.45, 2.75) is 0 Å². The number of H-pyrrole nitrogens is 2. The van der Waals surface area contributed by atoms with Crippen LogP contribution in [0.25, 0.3) is 21.5 Å². The van der Waals surface area contributed by atoms with E-state index >= 15 is 0 Å². The van der Waals surface area contributed by atoms with Crippen LogP contribution in [-0.2, 0) is 0 Å². The summed E-state index contributed by atoms with van der Waals surface area (Å²) in [5.41, 5.74) is 0.356. The summed E-state index contributed by atoms with van der Waals surface area (Å²) in [6.07, 6.45) is 1.68. The average molecular weight is 245 g/mol. The minimum atomic E-state index is -0.501. The first kappa shape index (κ1) is 9.98. The van der Waals surface area contributed by atoms with Crippen LogP contribution in [-0.4, -0.2) is 15.0 Å². The van der Waals surface area contributed by atoms with Crippen LogP contribution < -0.4 is 11.2 Å². The SMILES string of the molecule is O=c1[nH]c(=O)c2c(-c3nccs3)cccc2[nH]1. The molecular weight excluding hydrogens is 238 g/mol. The molecule has 84 valence electrons. The molecule has 0 saturated carbocycles. The van der Waals surface area contributed by atoms with Gasteiger partial charge in [0.2, 0.25) is 0 Å². The van der Waals surface area contributed by atoms with Gasteiger partial charge in [0.05, 0.1) is 10.9 Å². The minimum Gasteiger partial charge on any atom is -0.307 e. The van der Waals surface area contributed by atoms with Crippen LogP contribution in [0, 0.1) is 0 Å². The highest BCUT2D eigenvalue weighted by Crippen LogP contribution is 2.26. The second-order valence-electron chi connectivity index (χ2n) is 3.47. The third kappa shape index (κ3) is 1.58. The van der Waals surface area contributed by atoms with E-state index in [9.17, 15) is 9.59 Å². The van der Waals surface area contributed by atoms with E-state index in [0.717, 1.165) is 10.6 Å². The van der Waals surface area contributed by atoms with Crippen LogP contribution in [0.5, 0.6) is 0 Å². The number of thiazole rings is 1. The van der Waals surface area contributed by atoms with Gasteiger partial charge in [-0.1, -0.05) is 12.1 Å². The Morgan fingerprint density at radius 2 is 2.06 bits per heavy atom. The number of hydrogen-bond acceptors (Lipinski definition) is 4. The fraction of sp³-hybridized carbons (Fsp3) is 0. The van der Waals surface area contributed by atoms with Crippen molar-refractivity contribution in [3.63, 3.8) is 0 Å². The molecule has 3 aromatic rings. The van der Waals surface area contributed by atoms with Crippen molar-refractivity contribution in [2.75, 3.05) is 0 Å². The van der Waals surface area contributed by atoms with Gasteiger partial charge in [-0.15, -0.1) is 11.3 Å². The lowest BCUT2D eigenvalue weighted by molar-refractivity contribution is 1.08. The molecular formula is C11H7N3O2S. The number of nitrogens with zero attached hydrogens (tertiary/aromatic N) is 1. The van der Waals surface area contributed by atoms with Gasteiger partial charge in [-0.25, -0.2) is 9.78 Å². The third-order valence-electron chi connectivity index (χ3n) is 2.43. The predicted octanol–water partition coefficient (Wildman–Crippen LogP) is 1.34. The van der Waals surface area contributed by atoms with Crippen molar-refractivity contribution >= 4 is 22.2 Å². The Balaban J connectivity index is 2.49. The molecule has 0 bridgehead atoms. The predicted molar refractivity (Wildman–Crippen MR) is 66.3 cm³/mol. The van der Waals surface area contributed by atoms with Crippen LogP contribution in [0.2, 0.25) is 0 Å². The third-order valence-corrected chi connectivity index (χ3v) is 3.24. The molecule has 0 fully saturated rings. The largest absolute Gasteiger partial charge is 0.326 e. The normalized spacial score (nSPS) is 10.8. The summed E-state index contributed by atoms with van der Waals surface area (Å²) in [6, 6.07) is 5.30. The highest BCUT2D eigenvalue weighted by atomic mass is 32.1. The van der Waals surface area contributed by atoms with Crippen LogP contribution in [0.3, 0.4) is 0 Å². The standard InChI is InChI=1S/C11H7N3O2S/c15-9-8-6(10-12-4-5-17-10)2-1-3-7(8)13-11(16)14-9/h1-5H,(H2,13,14,15,16). The zero-order valence-corrected chi connectivity index (χ0v) is 9.38. The molecule has 0 aliphatic rings. The topological polar surface area (TPSA) is 78.6 Å². The van der Waals surface area contributed by atoms with Gasteiger partial charge in [-0.3, -0.25) is 9.78 Å². The van der Waals surface area contributed by atoms with Crippen molar-refractivity contribution < 1.29 is 0 Å². The van der Waals surface area contributed by atoms with E-state index in [4.69, 9.17) is 0 Å². The number of rotatable bonds is 1. The van der Waals surface area contributed by atoms with Crippen LogP contribution in [0.15, 0.2) is 39.4 Å². The van der Waals surface area contributed by atoms with E-state index in [2.05, 4.69) is 15.0 Å². The number of aromatic amines is 2. The first-order valence-electron chi connectivity index (χ1n) is 4.91. The maximum absolute atomic E-state index is 11.8. The molecule has 17 heavy (non-hydrogen) atoms. The summed E-state index contributed by atoms with van der Waals surface area (Å²) < 4.78 is 0. The van der Waals surface area contributed by atoms with Crippen molar-refractivity contribution in [1.82, 2.24) is 15.0 Å². The molecule has 0 saturated heterocycles. The van der Waals surface area contributed by atoms with Crippen LogP contribution in [0.4, 0.5) is 0 Å². The molecule has 1 aromatic carbocycles. The molecule has 0 radical (unpaired) electrons. The van der Waals surface area contributed by atoms with Gasteiger partial charge in [0, 0.05) is 17.1 Å². The molecule has 2 aromatic heterocycles. The average Bonchev–Trinajstić information content (AvgIpc) is 2.80. The lowest BCUT2D eigenvalue weighted by Crippen LogP contribution is -2.22. The lowest BCUT2D eigenvalue weighted by atomic mass is 10.1. The highest BCUT2D eigenvalue weighted by molar-refractivity contribution is 7.13. The van der Waals surface area contributed by atoms with Crippen molar-refractivity contribution in [2.24, 2.45) is 0 Å². The first-order chi connectivity index (χ1) is 8.25. The quantitative estimate of drug-likeness (QED) is 0.679. The fourth-order valence-electron chi connectivity index (χ4n) is 1.75. The molecule has 0 aliphatic heterocycles. The molecule has 5 nitrogen and oxygen atoms in total. The number of hydrogen-bond donors (Lipinski definition) is 2. The zero-order valence-electron chi connectivity index (χ0n) is 8.56. The van der Waals surface area contributed by atoms with E-state index in [1.165, 1.54) is 11.3 Å². The molecule has 0 atom stereocenters. The molecule has 0 amide bonds. The van der Waals surface area contributed by atoms with E-state index in [0.29, 0.717) is 10.9 Å². The van der Waals surface area contributed by atoms with E-state index in [1.807, 2.05) is 11.4 Å². The second kappa shape index (κ2) is 3.67. The highest BCUT2D eigenvalue weighted by Gasteiger charge is 2.09. The molecule has 2 heterocycles. The van der Waals surface area contributed by atoms with Crippen molar-refractivity contribution in [3.8, 4) is 10.6 Å². The van der Waals surface area contributed by atoms with Gasteiger partial charge in [0.15, 0.2) is 0 Å². The molecule has 0 aliphatic carbocycles. The van der Waals surface area contributed by atoms with Gasteiger partial charge in [-0.05, 0) is 6.07 Å².